The van der Waals surface area contributed by atoms with Gasteiger partial charge in [0, 0.05) is 11.1 Å². The van der Waals surface area contributed by atoms with Gasteiger partial charge < -0.3 is 5.32 Å². The van der Waals surface area contributed by atoms with Gasteiger partial charge in [0.2, 0.25) is 0 Å². The third-order valence-corrected chi connectivity index (χ3v) is 3.94. The number of nitrogens with one attached hydrogen (secondary N) is 1. The molecule has 2 aromatic carbocycles. The summed E-state index contributed by atoms with van der Waals surface area (Å²) >= 11 is 6.12. The van der Waals surface area contributed by atoms with Crippen molar-refractivity contribution in [1.29, 1.82) is 0 Å². The monoisotopic (exact) mass is 291 g/mol. The van der Waals surface area contributed by atoms with Gasteiger partial charge in [0.05, 0.1) is 0 Å². The van der Waals surface area contributed by atoms with Crippen LogP contribution in [0.25, 0.3) is 0 Å². The lowest BCUT2D eigenvalue weighted by Gasteiger charge is -2.20. The number of likely N-dealkylation sites (N-methyl/N-ethyl adjacent to an activating group) is 1. The molecule has 2 aromatic rings. The summed E-state index contributed by atoms with van der Waals surface area (Å²) in [5.74, 6) is -0.300. The molecule has 0 aliphatic carbocycles. The maximum Gasteiger partial charge on any atom is 0.124 e. The van der Waals surface area contributed by atoms with Crippen LogP contribution in [0.2, 0.25) is 5.02 Å². The van der Waals surface area contributed by atoms with Gasteiger partial charge in [-0.25, -0.2) is 4.39 Å². The van der Waals surface area contributed by atoms with E-state index in [1.807, 2.05) is 7.05 Å². The van der Waals surface area contributed by atoms with E-state index in [0.717, 1.165) is 12.0 Å². The summed E-state index contributed by atoms with van der Waals surface area (Å²) in [7, 11) is 1.93. The average Bonchev–Trinajstić information content (AvgIpc) is 2.39. The molecule has 1 atom stereocenters. The van der Waals surface area contributed by atoms with E-state index in [4.69, 9.17) is 11.6 Å². The average molecular weight is 292 g/mol. The summed E-state index contributed by atoms with van der Waals surface area (Å²) < 4.78 is 13.1. The van der Waals surface area contributed by atoms with Gasteiger partial charge in [-0.3, -0.25) is 0 Å². The summed E-state index contributed by atoms with van der Waals surface area (Å²) in [4.78, 5) is 0. The van der Waals surface area contributed by atoms with E-state index in [0.29, 0.717) is 5.02 Å². The third kappa shape index (κ3) is 3.38. The Morgan fingerprint density at radius 3 is 2.50 bits per heavy atom. The lowest BCUT2D eigenvalue weighted by atomic mass is 9.94. The van der Waals surface area contributed by atoms with Gasteiger partial charge in [-0.1, -0.05) is 41.4 Å². The molecule has 1 N–H and O–H groups in total. The molecule has 0 fully saturated rings. The zero-order valence-corrected chi connectivity index (χ0v) is 12.8. The van der Waals surface area contributed by atoms with Gasteiger partial charge >= 0.3 is 0 Å². The molecule has 2 rings (SSSR count). The van der Waals surface area contributed by atoms with E-state index in [2.05, 4.69) is 37.4 Å². The summed E-state index contributed by atoms with van der Waals surface area (Å²) in [5, 5.41) is 3.80. The second-order valence-corrected chi connectivity index (χ2v) is 5.55. The maximum atomic E-state index is 13.1. The molecule has 0 saturated carbocycles. The first-order valence-electron chi connectivity index (χ1n) is 6.69. The van der Waals surface area contributed by atoms with E-state index in [1.165, 1.54) is 28.8 Å². The van der Waals surface area contributed by atoms with Crippen molar-refractivity contribution >= 4 is 11.6 Å². The highest BCUT2D eigenvalue weighted by Crippen LogP contribution is 2.26. The molecule has 1 nitrogen and oxygen atoms in total. The Labute approximate surface area is 124 Å². The highest BCUT2D eigenvalue weighted by molar-refractivity contribution is 6.31. The van der Waals surface area contributed by atoms with E-state index in [-0.39, 0.29) is 11.9 Å². The molecule has 0 aromatic heterocycles. The van der Waals surface area contributed by atoms with E-state index in [1.54, 1.807) is 6.07 Å². The summed E-state index contributed by atoms with van der Waals surface area (Å²) in [6, 6.07) is 11.2. The van der Waals surface area contributed by atoms with Crippen molar-refractivity contribution in [3.63, 3.8) is 0 Å². The molecule has 3 heteroatoms. The van der Waals surface area contributed by atoms with Crippen LogP contribution < -0.4 is 5.32 Å². The molecule has 106 valence electrons. The molecule has 0 heterocycles. The Hall–Kier alpha value is -1.38. The normalized spacial score (nSPS) is 12.4. The fourth-order valence-electron chi connectivity index (χ4n) is 2.49. The van der Waals surface area contributed by atoms with Gasteiger partial charge in [-0.05, 0) is 56.1 Å². The van der Waals surface area contributed by atoms with Crippen LogP contribution in [0.4, 0.5) is 4.39 Å². The molecule has 0 spiro atoms. The van der Waals surface area contributed by atoms with Crippen LogP contribution in [0.15, 0.2) is 36.4 Å². The van der Waals surface area contributed by atoms with Gasteiger partial charge in [-0.15, -0.1) is 0 Å². The van der Waals surface area contributed by atoms with E-state index >= 15 is 0 Å². The van der Waals surface area contributed by atoms with Crippen LogP contribution in [-0.2, 0) is 6.42 Å². The number of benzene rings is 2. The largest absolute Gasteiger partial charge is 0.313 e. The van der Waals surface area contributed by atoms with E-state index < -0.39 is 0 Å². The number of aryl methyl sites for hydroxylation is 2. The second kappa shape index (κ2) is 6.38. The highest BCUT2D eigenvalue weighted by Gasteiger charge is 2.14. The number of rotatable bonds is 4. The fourth-order valence-corrected chi connectivity index (χ4v) is 2.74. The second-order valence-electron chi connectivity index (χ2n) is 5.14. The quantitative estimate of drug-likeness (QED) is 0.868. The molecule has 0 radical (unpaired) electrons. The Morgan fingerprint density at radius 1 is 1.15 bits per heavy atom. The lowest BCUT2D eigenvalue weighted by Crippen LogP contribution is -2.20. The van der Waals surface area contributed by atoms with Crippen molar-refractivity contribution in [3.8, 4) is 0 Å². The molecule has 0 bridgehead atoms. The summed E-state index contributed by atoms with van der Waals surface area (Å²) in [6.07, 6.45) is 0.736. The van der Waals surface area contributed by atoms with Crippen molar-refractivity contribution in [2.45, 2.75) is 26.3 Å². The predicted octanol–water partition coefficient (Wildman–Crippen LogP) is 4.60. The lowest BCUT2D eigenvalue weighted by molar-refractivity contribution is 0.586. The van der Waals surface area contributed by atoms with Crippen LogP contribution in [0.5, 0.6) is 0 Å². The summed E-state index contributed by atoms with van der Waals surface area (Å²) in [5.41, 5.74) is 4.70. The van der Waals surface area contributed by atoms with Crippen LogP contribution in [0.3, 0.4) is 0 Å². The minimum Gasteiger partial charge on any atom is -0.313 e. The molecule has 0 amide bonds. The summed E-state index contributed by atoms with van der Waals surface area (Å²) in [6.45, 7) is 4.20. The Bertz CT molecular complexity index is 610. The SMILES string of the molecule is CNC(Cc1ccc(F)cc1Cl)c1ccc(C)cc1C. The molecule has 0 aliphatic heterocycles. The van der Waals surface area contributed by atoms with Crippen molar-refractivity contribution in [1.82, 2.24) is 5.32 Å². The number of halogens is 2. The Morgan fingerprint density at radius 2 is 1.90 bits per heavy atom. The minimum absolute atomic E-state index is 0.165. The van der Waals surface area contributed by atoms with Crippen molar-refractivity contribution in [2.75, 3.05) is 7.05 Å². The molecule has 1 unspecified atom stereocenters. The standard InChI is InChI=1S/C17H19ClFN/c1-11-4-7-15(12(2)8-11)17(20-3)9-13-5-6-14(19)10-16(13)18/h4-8,10,17,20H,9H2,1-3H3. The van der Waals surface area contributed by atoms with Gasteiger partial charge in [-0.2, -0.15) is 0 Å². The maximum absolute atomic E-state index is 13.1. The van der Waals surface area contributed by atoms with Gasteiger partial charge in [0.15, 0.2) is 0 Å². The van der Waals surface area contributed by atoms with E-state index in [9.17, 15) is 4.39 Å². The van der Waals surface area contributed by atoms with Crippen LogP contribution in [-0.4, -0.2) is 7.05 Å². The molecule has 0 aliphatic rings. The van der Waals surface area contributed by atoms with Crippen molar-refractivity contribution < 1.29 is 4.39 Å². The zero-order chi connectivity index (χ0) is 14.7. The van der Waals surface area contributed by atoms with Gasteiger partial charge in [0.1, 0.15) is 5.82 Å². The van der Waals surface area contributed by atoms with Crippen LogP contribution >= 0.6 is 11.6 Å². The first-order valence-corrected chi connectivity index (χ1v) is 7.07. The van der Waals surface area contributed by atoms with Crippen molar-refractivity contribution in [2.24, 2.45) is 0 Å². The van der Waals surface area contributed by atoms with Crippen LogP contribution in [0.1, 0.15) is 28.3 Å². The first kappa shape index (κ1) is 15.0. The number of hydrogen-bond acceptors (Lipinski definition) is 1. The smallest absolute Gasteiger partial charge is 0.124 e. The zero-order valence-electron chi connectivity index (χ0n) is 12.0. The Balaban J connectivity index is 2.28. The number of hydrogen-bond donors (Lipinski definition) is 1. The van der Waals surface area contributed by atoms with Gasteiger partial charge in [0.25, 0.3) is 0 Å². The molecule has 20 heavy (non-hydrogen) atoms. The van der Waals surface area contributed by atoms with Crippen molar-refractivity contribution in [3.05, 3.63) is 69.5 Å². The highest BCUT2D eigenvalue weighted by atomic mass is 35.5. The third-order valence-electron chi connectivity index (χ3n) is 3.59. The molecular weight excluding hydrogens is 273 g/mol. The predicted molar refractivity (Wildman–Crippen MR) is 82.8 cm³/mol. The first-order chi connectivity index (χ1) is 9.51. The molecule has 0 saturated heterocycles. The Kier molecular flexibility index (Phi) is 4.79. The fraction of sp³-hybridized carbons (Fsp3) is 0.294. The van der Waals surface area contributed by atoms with Crippen LogP contribution in [0, 0.1) is 19.7 Å². The molecular formula is C17H19ClFN. The topological polar surface area (TPSA) is 12.0 Å². The minimum atomic E-state index is -0.300.